The predicted octanol–water partition coefficient (Wildman–Crippen LogP) is -1.25. The summed E-state index contributed by atoms with van der Waals surface area (Å²) in [5.74, 6) is 1.09. The van der Waals surface area contributed by atoms with Gasteiger partial charge < -0.3 is 22.0 Å². The third-order valence-electron chi connectivity index (χ3n) is 3.94. The SMILES string of the molecule is Cc1cccc(C)c1OCCC1CCC[NH+]1C.[Cl-]. The number of hydrogen-bond donors (Lipinski definition) is 1. The van der Waals surface area contributed by atoms with Gasteiger partial charge in [-0.25, -0.2) is 0 Å². The molecule has 3 heteroatoms. The van der Waals surface area contributed by atoms with E-state index in [4.69, 9.17) is 4.74 Å². The number of rotatable bonds is 4. The van der Waals surface area contributed by atoms with Crippen LogP contribution < -0.4 is 22.0 Å². The summed E-state index contributed by atoms with van der Waals surface area (Å²) in [4.78, 5) is 1.68. The van der Waals surface area contributed by atoms with Gasteiger partial charge in [0, 0.05) is 19.3 Å². The molecular weight excluding hydrogens is 246 g/mol. The van der Waals surface area contributed by atoms with E-state index >= 15 is 0 Å². The summed E-state index contributed by atoms with van der Waals surface area (Å²) in [7, 11) is 2.30. The summed E-state index contributed by atoms with van der Waals surface area (Å²) in [6, 6.07) is 7.14. The zero-order valence-electron chi connectivity index (χ0n) is 11.6. The predicted molar refractivity (Wildman–Crippen MR) is 70.8 cm³/mol. The zero-order chi connectivity index (χ0) is 12.3. The lowest BCUT2D eigenvalue weighted by Gasteiger charge is -2.17. The van der Waals surface area contributed by atoms with E-state index in [1.807, 2.05) is 0 Å². The first-order chi connectivity index (χ1) is 8.18. The van der Waals surface area contributed by atoms with Crippen molar-refractivity contribution in [2.24, 2.45) is 0 Å². The van der Waals surface area contributed by atoms with Crippen LogP contribution in [0.25, 0.3) is 0 Å². The van der Waals surface area contributed by atoms with E-state index in [1.54, 1.807) is 4.90 Å². The average molecular weight is 270 g/mol. The Hall–Kier alpha value is -0.730. The molecule has 1 saturated heterocycles. The first kappa shape index (κ1) is 15.3. The summed E-state index contributed by atoms with van der Waals surface area (Å²) in [5, 5.41) is 0. The van der Waals surface area contributed by atoms with E-state index < -0.39 is 0 Å². The number of quaternary nitrogens is 1. The molecule has 2 rings (SSSR count). The minimum absolute atomic E-state index is 0. The van der Waals surface area contributed by atoms with Crippen molar-refractivity contribution in [3.05, 3.63) is 29.3 Å². The summed E-state index contributed by atoms with van der Waals surface area (Å²) in [5.41, 5.74) is 2.49. The minimum atomic E-state index is 0. The van der Waals surface area contributed by atoms with Crippen LogP contribution in [-0.4, -0.2) is 26.2 Å². The maximum atomic E-state index is 5.96. The van der Waals surface area contributed by atoms with Crippen molar-refractivity contribution in [2.75, 3.05) is 20.2 Å². The van der Waals surface area contributed by atoms with Crippen LogP contribution in [0.1, 0.15) is 30.4 Å². The van der Waals surface area contributed by atoms with Crippen LogP contribution in [0, 0.1) is 13.8 Å². The van der Waals surface area contributed by atoms with Gasteiger partial charge >= 0.3 is 0 Å². The Morgan fingerprint density at radius 2 is 1.94 bits per heavy atom. The fraction of sp³-hybridized carbons (Fsp3) is 0.600. The highest BCUT2D eigenvalue weighted by Crippen LogP contribution is 2.22. The number of para-hydroxylation sites is 1. The molecule has 1 aromatic carbocycles. The smallest absolute Gasteiger partial charge is 0.125 e. The Morgan fingerprint density at radius 3 is 2.50 bits per heavy atom. The third kappa shape index (κ3) is 3.63. The molecule has 0 saturated carbocycles. The maximum absolute atomic E-state index is 5.96. The Labute approximate surface area is 117 Å². The van der Waals surface area contributed by atoms with Crippen LogP contribution in [0.15, 0.2) is 18.2 Å². The summed E-state index contributed by atoms with van der Waals surface area (Å²) < 4.78 is 5.96. The second-order valence-corrected chi connectivity index (χ2v) is 5.29. The molecular formula is C15H24ClNO. The van der Waals surface area contributed by atoms with Gasteiger partial charge in [-0.2, -0.15) is 0 Å². The van der Waals surface area contributed by atoms with Crippen molar-refractivity contribution in [3.63, 3.8) is 0 Å². The van der Waals surface area contributed by atoms with Crippen molar-refractivity contribution in [1.82, 2.24) is 0 Å². The largest absolute Gasteiger partial charge is 1.00 e. The molecule has 0 aromatic heterocycles. The molecule has 0 spiro atoms. The van der Waals surface area contributed by atoms with E-state index in [0.29, 0.717) is 0 Å². The number of halogens is 1. The first-order valence-corrected chi connectivity index (χ1v) is 6.70. The topological polar surface area (TPSA) is 13.7 Å². The van der Waals surface area contributed by atoms with Crippen LogP contribution >= 0.6 is 0 Å². The molecule has 0 amide bonds. The molecule has 0 radical (unpaired) electrons. The normalized spacial score (nSPS) is 22.6. The number of hydrogen-bond acceptors (Lipinski definition) is 1. The van der Waals surface area contributed by atoms with E-state index in [1.165, 1.54) is 36.9 Å². The monoisotopic (exact) mass is 269 g/mol. The molecule has 18 heavy (non-hydrogen) atoms. The van der Waals surface area contributed by atoms with Gasteiger partial charge in [-0.05, 0) is 25.0 Å². The number of likely N-dealkylation sites (tertiary alicyclic amines) is 1. The highest BCUT2D eigenvalue weighted by atomic mass is 35.5. The molecule has 2 unspecified atom stereocenters. The Bertz CT molecular complexity index is 361. The average Bonchev–Trinajstić information content (AvgIpc) is 2.69. The maximum Gasteiger partial charge on any atom is 0.125 e. The van der Waals surface area contributed by atoms with Crippen LogP contribution in [0.3, 0.4) is 0 Å². The molecule has 2 nitrogen and oxygen atoms in total. The van der Waals surface area contributed by atoms with Crippen molar-refractivity contribution >= 4 is 0 Å². The van der Waals surface area contributed by atoms with Crippen LogP contribution in [0.4, 0.5) is 0 Å². The summed E-state index contributed by atoms with van der Waals surface area (Å²) >= 11 is 0. The van der Waals surface area contributed by atoms with Gasteiger partial charge in [0.15, 0.2) is 0 Å². The molecule has 1 aliphatic rings. The first-order valence-electron chi connectivity index (χ1n) is 6.70. The number of benzene rings is 1. The molecule has 1 N–H and O–H groups in total. The highest BCUT2D eigenvalue weighted by molar-refractivity contribution is 5.39. The lowest BCUT2D eigenvalue weighted by Crippen LogP contribution is -3.10. The molecule has 2 atom stereocenters. The molecule has 102 valence electrons. The van der Waals surface area contributed by atoms with Gasteiger partial charge in [0.05, 0.1) is 26.2 Å². The Kier molecular flexibility index (Phi) is 5.97. The van der Waals surface area contributed by atoms with Gasteiger partial charge in [0.1, 0.15) is 5.75 Å². The molecule has 1 aromatic rings. The lowest BCUT2D eigenvalue weighted by molar-refractivity contribution is -0.892. The van der Waals surface area contributed by atoms with Gasteiger partial charge in [-0.1, -0.05) is 18.2 Å². The van der Waals surface area contributed by atoms with Crippen molar-refractivity contribution in [1.29, 1.82) is 0 Å². The quantitative estimate of drug-likeness (QED) is 0.722. The van der Waals surface area contributed by atoms with Crippen molar-refractivity contribution < 1.29 is 22.0 Å². The molecule has 1 aliphatic heterocycles. The second-order valence-electron chi connectivity index (χ2n) is 5.29. The van der Waals surface area contributed by atoms with Crippen molar-refractivity contribution in [3.8, 4) is 5.75 Å². The fourth-order valence-corrected chi connectivity index (χ4v) is 2.80. The number of nitrogens with one attached hydrogen (secondary N) is 1. The lowest BCUT2D eigenvalue weighted by atomic mass is 10.1. The van der Waals surface area contributed by atoms with E-state index in [0.717, 1.165) is 18.4 Å². The van der Waals surface area contributed by atoms with E-state index in [2.05, 4.69) is 39.1 Å². The van der Waals surface area contributed by atoms with Crippen molar-refractivity contribution in [2.45, 2.75) is 39.2 Å². The van der Waals surface area contributed by atoms with Gasteiger partial charge in [0.25, 0.3) is 0 Å². The number of aryl methyl sites for hydroxylation is 2. The fourth-order valence-electron chi connectivity index (χ4n) is 2.80. The van der Waals surface area contributed by atoms with Crippen LogP contribution in [-0.2, 0) is 0 Å². The van der Waals surface area contributed by atoms with Gasteiger partial charge in [0.2, 0.25) is 0 Å². The standard InChI is InChI=1S/C15H23NO.ClH/c1-12-6-4-7-13(2)15(12)17-11-9-14-8-5-10-16(14)3;/h4,6-7,14H,5,8-11H2,1-3H3;1H. The zero-order valence-corrected chi connectivity index (χ0v) is 12.4. The van der Waals surface area contributed by atoms with Gasteiger partial charge in [-0.15, -0.1) is 0 Å². The molecule has 1 fully saturated rings. The minimum Gasteiger partial charge on any atom is -1.00 e. The third-order valence-corrected chi connectivity index (χ3v) is 3.94. The molecule has 0 bridgehead atoms. The van der Waals surface area contributed by atoms with E-state index in [-0.39, 0.29) is 12.4 Å². The summed E-state index contributed by atoms with van der Waals surface area (Å²) in [6.45, 7) is 6.42. The molecule has 1 heterocycles. The second kappa shape index (κ2) is 7.01. The van der Waals surface area contributed by atoms with Crippen LogP contribution in [0.2, 0.25) is 0 Å². The Morgan fingerprint density at radius 1 is 1.28 bits per heavy atom. The highest BCUT2D eigenvalue weighted by Gasteiger charge is 2.24. The number of ether oxygens (including phenoxy) is 1. The molecule has 0 aliphatic carbocycles. The van der Waals surface area contributed by atoms with Gasteiger partial charge in [-0.3, -0.25) is 0 Å². The summed E-state index contributed by atoms with van der Waals surface area (Å²) in [6.07, 6.45) is 3.92. The van der Waals surface area contributed by atoms with Crippen LogP contribution in [0.5, 0.6) is 5.75 Å². The van der Waals surface area contributed by atoms with E-state index in [9.17, 15) is 0 Å². The Balaban J connectivity index is 0.00000162.